The molecule has 0 aliphatic carbocycles. The molecule has 0 aromatic heterocycles. The molecule has 0 atom stereocenters. The van der Waals surface area contributed by atoms with E-state index in [1.807, 2.05) is 0 Å². The first-order chi connectivity index (χ1) is 12.4. The van der Waals surface area contributed by atoms with Crippen molar-refractivity contribution in [3.63, 3.8) is 0 Å². The number of ketones is 4. The van der Waals surface area contributed by atoms with E-state index in [0.29, 0.717) is 0 Å². The van der Waals surface area contributed by atoms with Crippen molar-refractivity contribution in [3.8, 4) is 0 Å². The van der Waals surface area contributed by atoms with Crippen LogP contribution in [-0.2, 0) is 127 Å². The van der Waals surface area contributed by atoms with Crippen LogP contribution < -0.4 is 0 Å². The van der Waals surface area contributed by atoms with Crippen LogP contribution in [0.1, 0.15) is 84.1 Å². The SMILES string of the molecule is C.C.CC(=O)O.CC(=O)O.CC(C)=O.CC(C)=O.[CH2-]C.[CH2-]C.[CH2-]C(C)=O.[CH2-]C(C)=O.[Y].[Y].[Y]. The van der Waals surface area contributed by atoms with Crippen LogP contribution in [0, 0.1) is 27.7 Å². The second kappa shape index (κ2) is 94.0. The molecule has 0 aromatic carbocycles. The fourth-order valence-electron chi connectivity index (χ4n) is 0. The Balaban J connectivity index is -0.0000000125. The van der Waals surface area contributed by atoms with E-state index in [4.69, 9.17) is 19.8 Å². The summed E-state index contributed by atoms with van der Waals surface area (Å²) in [5.41, 5.74) is 0. The van der Waals surface area contributed by atoms with Crippen LogP contribution in [0.4, 0.5) is 0 Å². The molecule has 2 N–H and O–H groups in total. The van der Waals surface area contributed by atoms with Gasteiger partial charge in [0.05, 0.1) is 0 Å². The van der Waals surface area contributed by atoms with Gasteiger partial charge in [-0.2, -0.15) is 13.8 Å². The number of rotatable bonds is 0. The predicted octanol–water partition coefficient (Wildman–Crippen LogP) is 5.14. The van der Waals surface area contributed by atoms with E-state index in [2.05, 4.69) is 27.7 Å². The molecular weight excluding hydrogens is 659 g/mol. The predicted molar refractivity (Wildman–Crippen MR) is 127 cm³/mol. The van der Waals surface area contributed by atoms with Crippen molar-refractivity contribution in [1.82, 2.24) is 0 Å². The number of carbonyl (C=O) groups excluding carboxylic acids is 4. The molecule has 0 heterocycles. The van der Waals surface area contributed by atoms with E-state index in [1.54, 1.807) is 13.8 Å². The average molecular weight is 707 g/mol. The summed E-state index contributed by atoms with van der Waals surface area (Å²) in [7, 11) is 0. The van der Waals surface area contributed by atoms with Crippen LogP contribution in [-0.4, -0.2) is 45.3 Å². The molecule has 33 heavy (non-hydrogen) atoms. The van der Waals surface area contributed by atoms with Crippen molar-refractivity contribution >= 4 is 35.1 Å². The number of carbonyl (C=O) groups is 6. The largest absolute Gasteiger partial charge is 0.481 e. The van der Waals surface area contributed by atoms with E-state index in [-0.39, 0.29) is 136 Å². The number of aliphatic carboxylic acids is 2. The molecule has 0 fully saturated rings. The van der Waals surface area contributed by atoms with Crippen molar-refractivity contribution in [2.45, 2.75) is 84.1 Å². The molecule has 0 aliphatic rings. The van der Waals surface area contributed by atoms with Crippen molar-refractivity contribution in [1.29, 1.82) is 0 Å². The van der Waals surface area contributed by atoms with Gasteiger partial charge in [-0.3, -0.25) is 9.59 Å². The second-order valence-electron chi connectivity index (χ2n) is 4.26. The molecule has 0 saturated carbocycles. The Hall–Kier alpha value is 0.672. The Labute approximate surface area is 280 Å². The van der Waals surface area contributed by atoms with E-state index < -0.39 is 11.9 Å². The van der Waals surface area contributed by atoms with Gasteiger partial charge in [-0.25, -0.2) is 0 Å². The first-order valence-corrected chi connectivity index (χ1v) is 7.79. The van der Waals surface area contributed by atoms with Gasteiger partial charge < -0.3 is 57.1 Å². The van der Waals surface area contributed by atoms with Crippen molar-refractivity contribution < 1.29 is 137 Å². The fourth-order valence-corrected chi connectivity index (χ4v) is 0. The fraction of sp³-hybridized carbons (Fsp3) is 0.545. The van der Waals surface area contributed by atoms with Crippen LogP contribution in [0.5, 0.6) is 0 Å². The molecule has 0 amide bonds. The number of hydrogen-bond acceptors (Lipinski definition) is 6. The topological polar surface area (TPSA) is 143 Å². The van der Waals surface area contributed by atoms with Gasteiger partial charge in [0.15, 0.2) is 0 Å². The molecule has 3 radical (unpaired) electrons. The molecule has 0 aromatic rings. The summed E-state index contributed by atoms with van der Waals surface area (Å²) in [4.78, 5) is 55.6. The Bertz CT molecular complexity index is 271. The summed E-state index contributed by atoms with van der Waals surface area (Å²) < 4.78 is 0. The zero-order chi connectivity index (χ0) is 25.5. The smallest absolute Gasteiger partial charge is 0.300 e. The first kappa shape index (κ1) is 84.1. The first-order valence-electron chi connectivity index (χ1n) is 7.79. The number of hydrogen-bond donors (Lipinski definition) is 2. The summed E-state index contributed by atoms with van der Waals surface area (Å²) >= 11 is 0. The van der Waals surface area contributed by atoms with Crippen LogP contribution in [0.15, 0.2) is 0 Å². The molecule has 11 heteroatoms. The third-order valence-corrected chi connectivity index (χ3v) is 0. The third-order valence-electron chi connectivity index (χ3n) is 0. The van der Waals surface area contributed by atoms with E-state index in [0.717, 1.165) is 13.8 Å². The molecule has 0 rings (SSSR count). The Morgan fingerprint density at radius 3 is 0.455 bits per heavy atom. The average Bonchev–Trinajstić information content (AvgIpc) is 2.38. The minimum absolute atomic E-state index is 0. The number of carboxylic acid groups (broad SMARTS) is 2. The van der Waals surface area contributed by atoms with Crippen LogP contribution >= 0.6 is 0 Å². The Morgan fingerprint density at radius 2 is 0.455 bits per heavy atom. The molecule has 0 saturated heterocycles. The summed E-state index contributed by atoms with van der Waals surface area (Å²) in [6.45, 7) is 27.1. The summed E-state index contributed by atoms with van der Waals surface area (Å²) in [6.07, 6.45) is 0. The van der Waals surface area contributed by atoms with Crippen LogP contribution in [0.3, 0.4) is 0 Å². The van der Waals surface area contributed by atoms with Gasteiger partial charge in [0.1, 0.15) is 11.6 Å². The minimum atomic E-state index is -0.833. The molecule has 8 nitrogen and oxygen atoms in total. The summed E-state index contributed by atoms with van der Waals surface area (Å²) in [5.74, 6) is -1.50. The van der Waals surface area contributed by atoms with Gasteiger partial charge >= 0.3 is 0 Å². The summed E-state index contributed by atoms with van der Waals surface area (Å²) in [6, 6.07) is 0. The van der Waals surface area contributed by atoms with Gasteiger partial charge in [0.25, 0.3) is 11.9 Å². The number of Topliss-reactive ketones (excluding diaryl/α,β-unsaturated/α-hetero) is 4. The van der Waals surface area contributed by atoms with Gasteiger partial charge in [0.2, 0.25) is 0 Å². The molecular formula is C22H48O8Y3-4. The molecule has 0 aliphatic heterocycles. The van der Waals surface area contributed by atoms with E-state index >= 15 is 0 Å². The quantitative estimate of drug-likeness (QED) is 0.330. The van der Waals surface area contributed by atoms with Gasteiger partial charge in [0, 0.05) is 112 Å². The monoisotopic (exact) mass is 707 g/mol. The van der Waals surface area contributed by atoms with Crippen LogP contribution in [0.25, 0.3) is 0 Å². The maximum absolute atomic E-state index is 9.44. The maximum Gasteiger partial charge on any atom is 0.300 e. The van der Waals surface area contributed by atoms with Crippen molar-refractivity contribution in [2.24, 2.45) is 0 Å². The van der Waals surface area contributed by atoms with E-state index in [1.165, 1.54) is 41.5 Å². The van der Waals surface area contributed by atoms with E-state index in [9.17, 15) is 19.2 Å². The van der Waals surface area contributed by atoms with Crippen molar-refractivity contribution in [2.75, 3.05) is 0 Å². The Kier molecular flexibility index (Phi) is 240. The van der Waals surface area contributed by atoms with Crippen LogP contribution in [0.2, 0.25) is 0 Å². The number of carboxylic acids is 2. The standard InChI is InChI=1S/2C3H6O.2C3H5O.2C2H4O2.2C2H5.2CH4.3Y/c4*1-3(2)4;2*1-2(3)4;2*1-2;;;;;/h2*1-2H3;2*1H2,2H3;2*1H3,(H,3,4);2*1H2,2H3;2*1H4;;;/q;;2*-1;;;2*-1;;;;;. The summed E-state index contributed by atoms with van der Waals surface area (Å²) in [5, 5.41) is 14.8. The second-order valence-corrected chi connectivity index (χ2v) is 4.26. The van der Waals surface area contributed by atoms with Gasteiger partial charge in [-0.1, -0.05) is 14.9 Å². The zero-order valence-electron chi connectivity index (χ0n) is 20.9. The van der Waals surface area contributed by atoms with Crippen molar-refractivity contribution in [3.05, 3.63) is 27.7 Å². The zero-order valence-corrected chi connectivity index (χ0v) is 29.4. The minimum Gasteiger partial charge on any atom is -0.481 e. The van der Waals surface area contributed by atoms with Gasteiger partial charge in [-0.05, 0) is 53.1 Å². The maximum atomic E-state index is 9.44. The molecule has 197 valence electrons. The third kappa shape index (κ3) is 68100. The molecule has 0 spiro atoms. The Morgan fingerprint density at radius 1 is 0.455 bits per heavy atom. The van der Waals surface area contributed by atoms with Gasteiger partial charge in [-0.15, -0.1) is 0 Å². The molecule has 0 unspecified atom stereocenters. The molecule has 0 bridgehead atoms. The normalized spacial score (nSPS) is 4.97.